The van der Waals surface area contributed by atoms with Crippen LogP contribution in [-0.2, 0) is 9.53 Å². The predicted molar refractivity (Wildman–Crippen MR) is 120 cm³/mol. The normalized spacial score (nSPS) is 12.3. The summed E-state index contributed by atoms with van der Waals surface area (Å²) in [5.41, 5.74) is 0. The molecule has 0 rings (SSSR count). The second-order valence-corrected chi connectivity index (χ2v) is 9.07. The Morgan fingerprint density at radius 3 is 1.78 bits per heavy atom. The maximum atomic E-state index is 11.1. The minimum absolute atomic E-state index is 0. The van der Waals surface area contributed by atoms with Crippen LogP contribution in [0.3, 0.4) is 0 Å². The summed E-state index contributed by atoms with van der Waals surface area (Å²) in [5, 5.41) is 0. The molecule has 0 aliphatic rings. The molecule has 4 heteroatoms. The first-order valence-electron chi connectivity index (χ1n) is 10.9. The second kappa shape index (κ2) is 18.8. The van der Waals surface area contributed by atoms with E-state index in [4.69, 9.17) is 16.3 Å². The zero-order chi connectivity index (χ0) is 19.7. The van der Waals surface area contributed by atoms with Crippen molar-refractivity contribution in [3.8, 4) is 0 Å². The third-order valence-electron chi connectivity index (χ3n) is 5.25. The van der Waals surface area contributed by atoms with Crippen LogP contribution in [0.25, 0.3) is 0 Å². The Kier molecular flexibility index (Phi) is 20.0. The number of alkyl halides is 1. The Labute approximate surface area is 174 Å². The number of hydrogen-bond donors (Lipinski definition) is 1. The largest absolute Gasteiger partial charge is 0.463 e. The molecule has 0 aromatic heterocycles. The molecule has 162 valence electrons. The van der Waals surface area contributed by atoms with Crippen LogP contribution in [-0.4, -0.2) is 17.5 Å². The average molecular weight is 404 g/mol. The van der Waals surface area contributed by atoms with E-state index in [0.717, 1.165) is 12.8 Å². The van der Waals surface area contributed by atoms with Crippen molar-refractivity contribution in [2.24, 2.45) is 5.92 Å². The van der Waals surface area contributed by atoms with Gasteiger partial charge in [0.15, 0.2) is 0 Å². The van der Waals surface area contributed by atoms with Gasteiger partial charge in [0.2, 0.25) is 0 Å². The topological polar surface area (TPSA) is 61.3 Å². The Morgan fingerprint density at radius 1 is 0.926 bits per heavy atom. The fourth-order valence-electron chi connectivity index (χ4n) is 3.42. The van der Waals surface area contributed by atoms with E-state index >= 15 is 0 Å². The van der Waals surface area contributed by atoms with Crippen molar-refractivity contribution in [3.05, 3.63) is 12.7 Å². The van der Waals surface area contributed by atoms with Crippen LogP contribution in [0.15, 0.2) is 12.7 Å². The third kappa shape index (κ3) is 18.6. The van der Waals surface area contributed by atoms with Gasteiger partial charge in [-0.1, -0.05) is 90.6 Å². The van der Waals surface area contributed by atoms with Gasteiger partial charge < -0.3 is 10.9 Å². The van der Waals surface area contributed by atoms with Crippen molar-refractivity contribution < 1.29 is 9.53 Å². The van der Waals surface area contributed by atoms with Gasteiger partial charge in [-0.25, -0.2) is 4.79 Å². The molecular formula is C23H46ClNO2. The number of carbonyl (C=O) groups is 1. The van der Waals surface area contributed by atoms with Crippen molar-refractivity contribution in [1.82, 2.24) is 6.15 Å². The van der Waals surface area contributed by atoms with Crippen molar-refractivity contribution >= 4 is 17.6 Å². The van der Waals surface area contributed by atoms with Crippen LogP contribution in [0.2, 0.25) is 0 Å². The summed E-state index contributed by atoms with van der Waals surface area (Å²) in [6.45, 7) is 10.3. The number of unbranched alkanes of at least 4 members (excludes halogenated alkanes) is 11. The molecule has 0 saturated heterocycles. The van der Waals surface area contributed by atoms with Crippen LogP contribution in [0, 0.1) is 5.92 Å². The molecule has 1 unspecified atom stereocenters. The first kappa shape index (κ1) is 28.7. The molecule has 27 heavy (non-hydrogen) atoms. The first-order chi connectivity index (χ1) is 12.4. The molecule has 0 spiro atoms. The molecule has 0 amide bonds. The minimum Gasteiger partial charge on any atom is -0.463 e. The zero-order valence-electron chi connectivity index (χ0n) is 18.4. The number of rotatable bonds is 18. The standard InChI is InChI=1S/C23H43ClO2.H3N/c1-5-7-8-9-10-11-12-13-14-15-16-17-18-21(23(3,4)24)19-20-26-22(25)6-2;/h6,21H,2,5,7-20H2,1,3-4H3;1H3. The van der Waals surface area contributed by atoms with Gasteiger partial charge in [-0.3, -0.25) is 0 Å². The molecule has 1 atom stereocenters. The van der Waals surface area contributed by atoms with Gasteiger partial charge in [0.25, 0.3) is 0 Å². The van der Waals surface area contributed by atoms with Gasteiger partial charge in [-0.15, -0.1) is 11.6 Å². The zero-order valence-corrected chi connectivity index (χ0v) is 19.1. The van der Waals surface area contributed by atoms with Gasteiger partial charge in [-0.2, -0.15) is 0 Å². The summed E-state index contributed by atoms with van der Waals surface area (Å²) in [6, 6.07) is 0. The Hall–Kier alpha value is -0.540. The maximum Gasteiger partial charge on any atom is 0.330 e. The summed E-state index contributed by atoms with van der Waals surface area (Å²) < 4.78 is 5.11. The molecule has 0 aliphatic heterocycles. The van der Waals surface area contributed by atoms with Crippen molar-refractivity contribution in [1.29, 1.82) is 0 Å². The lowest BCUT2D eigenvalue weighted by molar-refractivity contribution is -0.138. The SMILES string of the molecule is C=CC(=O)OCCC(CCCCCCCCCCCCCC)C(C)(C)Cl.N. The molecule has 0 aliphatic carbocycles. The van der Waals surface area contributed by atoms with Gasteiger partial charge in [-0.05, 0) is 32.6 Å². The first-order valence-corrected chi connectivity index (χ1v) is 11.3. The molecular weight excluding hydrogens is 358 g/mol. The highest BCUT2D eigenvalue weighted by molar-refractivity contribution is 6.23. The van der Waals surface area contributed by atoms with Crippen LogP contribution < -0.4 is 6.15 Å². The lowest BCUT2D eigenvalue weighted by atomic mass is 9.87. The van der Waals surface area contributed by atoms with Crippen LogP contribution in [0.5, 0.6) is 0 Å². The molecule has 3 nitrogen and oxygen atoms in total. The van der Waals surface area contributed by atoms with E-state index in [0.29, 0.717) is 12.5 Å². The number of esters is 1. The number of carbonyl (C=O) groups excluding carboxylic acids is 1. The van der Waals surface area contributed by atoms with E-state index < -0.39 is 0 Å². The van der Waals surface area contributed by atoms with Crippen molar-refractivity contribution in [3.63, 3.8) is 0 Å². The highest BCUT2D eigenvalue weighted by atomic mass is 35.5. The Morgan fingerprint density at radius 2 is 1.37 bits per heavy atom. The van der Waals surface area contributed by atoms with Gasteiger partial charge in [0.05, 0.1) is 6.61 Å². The molecule has 0 heterocycles. The predicted octanol–water partition coefficient (Wildman–Crippen LogP) is 7.99. The van der Waals surface area contributed by atoms with E-state index in [9.17, 15) is 4.79 Å². The molecule has 0 bridgehead atoms. The van der Waals surface area contributed by atoms with E-state index in [1.54, 1.807) is 0 Å². The molecule has 0 aromatic carbocycles. The van der Waals surface area contributed by atoms with Crippen molar-refractivity contribution in [2.75, 3.05) is 6.61 Å². The van der Waals surface area contributed by atoms with Gasteiger partial charge >= 0.3 is 5.97 Å². The molecule has 0 fully saturated rings. The summed E-state index contributed by atoms with van der Waals surface area (Å²) in [7, 11) is 0. The lowest BCUT2D eigenvalue weighted by Gasteiger charge is -2.28. The van der Waals surface area contributed by atoms with Gasteiger partial charge in [0.1, 0.15) is 0 Å². The smallest absolute Gasteiger partial charge is 0.330 e. The van der Waals surface area contributed by atoms with Crippen LogP contribution >= 0.6 is 11.6 Å². The second-order valence-electron chi connectivity index (χ2n) is 8.10. The van der Waals surface area contributed by atoms with E-state index in [-0.39, 0.29) is 17.0 Å². The number of hydrogen-bond acceptors (Lipinski definition) is 3. The van der Waals surface area contributed by atoms with E-state index in [1.165, 1.54) is 83.1 Å². The minimum atomic E-state index is -0.346. The maximum absolute atomic E-state index is 11.1. The summed E-state index contributed by atoms with van der Waals surface area (Å²) in [6.07, 6.45) is 19.5. The average Bonchev–Trinajstić information content (AvgIpc) is 2.59. The highest BCUT2D eigenvalue weighted by Crippen LogP contribution is 2.32. The van der Waals surface area contributed by atoms with Crippen LogP contribution in [0.4, 0.5) is 0 Å². The monoisotopic (exact) mass is 403 g/mol. The molecule has 3 N–H and O–H groups in total. The van der Waals surface area contributed by atoms with Crippen LogP contribution in [0.1, 0.15) is 111 Å². The molecule has 0 saturated carbocycles. The summed E-state index contributed by atoms with van der Waals surface area (Å²) in [4.78, 5) is 10.9. The van der Waals surface area contributed by atoms with E-state index in [1.807, 2.05) is 0 Å². The quantitative estimate of drug-likeness (QED) is 0.109. The lowest BCUT2D eigenvalue weighted by Crippen LogP contribution is -2.26. The van der Waals surface area contributed by atoms with Gasteiger partial charge in [0, 0.05) is 11.0 Å². The summed E-state index contributed by atoms with van der Waals surface area (Å²) >= 11 is 6.53. The highest BCUT2D eigenvalue weighted by Gasteiger charge is 2.26. The number of halogens is 1. The summed E-state index contributed by atoms with van der Waals surface area (Å²) in [5.74, 6) is 0.0337. The van der Waals surface area contributed by atoms with Crippen molar-refractivity contribution in [2.45, 2.75) is 116 Å². The molecule has 0 radical (unpaired) electrons. The Bertz CT molecular complexity index is 353. The Balaban J connectivity index is 0. The fourth-order valence-corrected chi connectivity index (χ4v) is 3.64. The fraction of sp³-hybridized carbons (Fsp3) is 0.870. The van der Waals surface area contributed by atoms with E-state index in [2.05, 4.69) is 27.4 Å². The number of ether oxygens (including phenoxy) is 1. The third-order valence-corrected chi connectivity index (χ3v) is 5.56. The molecule has 0 aromatic rings.